The average Bonchev–Trinajstić information content (AvgIpc) is 3.02. The number of nitrogens with one attached hydrogen (secondary N) is 2. The van der Waals surface area contributed by atoms with E-state index < -0.39 is 0 Å². The van der Waals surface area contributed by atoms with Crippen molar-refractivity contribution in [2.24, 2.45) is 4.99 Å². The lowest BCUT2D eigenvalue weighted by molar-refractivity contribution is 0.153. The highest BCUT2D eigenvalue weighted by atomic mass is 16.5. The highest BCUT2D eigenvalue weighted by Gasteiger charge is 2.06. The standard InChI is InChI=1S/C16H22N6O/c1-17-16(18-8-5-13-6-10-23-11-7-13)19-12-15-21-20-14-4-2-3-9-22(14)15/h2-4,6,9H,5,7-8,10-12H2,1H3,(H2,17,18,19). The number of fused-ring (bicyclic) bond motifs is 1. The number of hydrogen-bond donors (Lipinski definition) is 2. The van der Waals surface area contributed by atoms with Crippen LogP contribution in [0, 0.1) is 0 Å². The first-order valence-corrected chi connectivity index (χ1v) is 7.85. The molecule has 1 aliphatic heterocycles. The summed E-state index contributed by atoms with van der Waals surface area (Å²) in [4.78, 5) is 4.24. The van der Waals surface area contributed by atoms with Crippen molar-refractivity contribution < 1.29 is 4.74 Å². The monoisotopic (exact) mass is 314 g/mol. The van der Waals surface area contributed by atoms with Gasteiger partial charge in [-0.05, 0) is 25.0 Å². The van der Waals surface area contributed by atoms with Crippen LogP contribution in [0.4, 0.5) is 0 Å². The van der Waals surface area contributed by atoms with Crippen molar-refractivity contribution in [3.63, 3.8) is 0 Å². The maximum absolute atomic E-state index is 5.32. The number of aliphatic imine (C=N–C) groups is 1. The van der Waals surface area contributed by atoms with Gasteiger partial charge in [-0.15, -0.1) is 10.2 Å². The minimum absolute atomic E-state index is 0.571. The minimum Gasteiger partial charge on any atom is -0.377 e. The van der Waals surface area contributed by atoms with E-state index in [9.17, 15) is 0 Å². The Morgan fingerprint density at radius 2 is 2.30 bits per heavy atom. The van der Waals surface area contributed by atoms with Gasteiger partial charge in [0.25, 0.3) is 0 Å². The van der Waals surface area contributed by atoms with E-state index in [4.69, 9.17) is 4.74 Å². The normalized spacial score (nSPS) is 15.5. The van der Waals surface area contributed by atoms with Gasteiger partial charge < -0.3 is 15.4 Å². The molecular weight excluding hydrogens is 292 g/mol. The van der Waals surface area contributed by atoms with Gasteiger partial charge in [0.05, 0.1) is 19.8 Å². The molecule has 0 unspecified atom stereocenters. The molecule has 0 aliphatic carbocycles. The fraction of sp³-hybridized carbons (Fsp3) is 0.438. The summed E-state index contributed by atoms with van der Waals surface area (Å²) < 4.78 is 7.28. The van der Waals surface area contributed by atoms with Crippen LogP contribution < -0.4 is 10.6 Å². The molecule has 23 heavy (non-hydrogen) atoms. The molecule has 0 fully saturated rings. The SMILES string of the molecule is CN=C(NCCC1=CCOCC1)NCc1nnc2ccccn12. The van der Waals surface area contributed by atoms with Crippen molar-refractivity contribution in [2.75, 3.05) is 26.8 Å². The van der Waals surface area contributed by atoms with Crippen LogP contribution in [0.1, 0.15) is 18.7 Å². The number of pyridine rings is 1. The van der Waals surface area contributed by atoms with Crippen molar-refractivity contribution in [2.45, 2.75) is 19.4 Å². The van der Waals surface area contributed by atoms with E-state index in [1.165, 1.54) is 5.57 Å². The third-order valence-electron chi connectivity index (χ3n) is 3.82. The van der Waals surface area contributed by atoms with Crippen LogP contribution in [0.15, 0.2) is 41.0 Å². The minimum atomic E-state index is 0.571. The molecule has 1 aliphatic rings. The molecule has 0 aromatic carbocycles. The first kappa shape index (κ1) is 15.5. The van der Waals surface area contributed by atoms with Crippen molar-refractivity contribution in [3.8, 4) is 0 Å². The van der Waals surface area contributed by atoms with E-state index in [-0.39, 0.29) is 0 Å². The van der Waals surface area contributed by atoms with Crippen molar-refractivity contribution >= 4 is 11.6 Å². The fourth-order valence-corrected chi connectivity index (χ4v) is 2.53. The summed E-state index contributed by atoms with van der Waals surface area (Å²) in [5.74, 6) is 1.63. The molecule has 0 saturated carbocycles. The summed E-state index contributed by atoms with van der Waals surface area (Å²) in [7, 11) is 1.77. The molecule has 7 heteroatoms. The Kier molecular flexibility index (Phi) is 5.21. The highest BCUT2D eigenvalue weighted by Crippen LogP contribution is 2.10. The largest absolute Gasteiger partial charge is 0.377 e. The van der Waals surface area contributed by atoms with Crippen LogP contribution in [0.3, 0.4) is 0 Å². The fourth-order valence-electron chi connectivity index (χ4n) is 2.53. The van der Waals surface area contributed by atoms with E-state index in [1.54, 1.807) is 7.05 Å². The molecule has 122 valence electrons. The van der Waals surface area contributed by atoms with Crippen LogP contribution >= 0.6 is 0 Å². The van der Waals surface area contributed by atoms with Gasteiger partial charge in [0.2, 0.25) is 0 Å². The second-order valence-electron chi connectivity index (χ2n) is 5.33. The van der Waals surface area contributed by atoms with E-state index >= 15 is 0 Å². The Balaban J connectivity index is 1.49. The van der Waals surface area contributed by atoms with E-state index in [0.717, 1.165) is 50.0 Å². The molecule has 2 N–H and O–H groups in total. The van der Waals surface area contributed by atoms with Crippen molar-refractivity contribution in [3.05, 3.63) is 41.9 Å². The zero-order chi connectivity index (χ0) is 15.9. The molecular formula is C16H22N6O. The third kappa shape index (κ3) is 4.07. The smallest absolute Gasteiger partial charge is 0.191 e. The first-order valence-electron chi connectivity index (χ1n) is 7.85. The van der Waals surface area contributed by atoms with E-state index in [2.05, 4.69) is 31.9 Å². The summed E-state index contributed by atoms with van der Waals surface area (Å²) in [6.45, 7) is 2.99. The Labute approximate surface area is 135 Å². The third-order valence-corrected chi connectivity index (χ3v) is 3.82. The first-order chi connectivity index (χ1) is 11.4. The Morgan fingerprint density at radius 3 is 3.13 bits per heavy atom. The lowest BCUT2D eigenvalue weighted by atomic mass is 10.1. The van der Waals surface area contributed by atoms with Crippen LogP contribution in [0.2, 0.25) is 0 Å². The molecule has 2 aromatic rings. The summed E-state index contributed by atoms with van der Waals surface area (Å²) in [5, 5.41) is 14.9. The highest BCUT2D eigenvalue weighted by molar-refractivity contribution is 5.79. The van der Waals surface area contributed by atoms with E-state index in [0.29, 0.717) is 6.54 Å². The number of aromatic nitrogens is 3. The zero-order valence-electron chi connectivity index (χ0n) is 13.3. The topological polar surface area (TPSA) is 75.8 Å². The maximum atomic E-state index is 5.32. The summed E-state index contributed by atoms with van der Waals surface area (Å²) in [6, 6.07) is 5.85. The zero-order valence-corrected chi connectivity index (χ0v) is 13.3. The molecule has 0 radical (unpaired) electrons. The Bertz CT molecular complexity index is 705. The summed E-state index contributed by atoms with van der Waals surface area (Å²) in [5.41, 5.74) is 2.29. The van der Waals surface area contributed by atoms with Crippen LogP contribution in [0.5, 0.6) is 0 Å². The number of rotatable bonds is 5. The molecule has 0 amide bonds. The lowest BCUT2D eigenvalue weighted by Gasteiger charge is -2.15. The molecule has 7 nitrogen and oxygen atoms in total. The molecule has 2 aromatic heterocycles. The Morgan fingerprint density at radius 1 is 1.35 bits per heavy atom. The van der Waals surface area contributed by atoms with Gasteiger partial charge in [-0.2, -0.15) is 0 Å². The number of guanidine groups is 1. The van der Waals surface area contributed by atoms with Gasteiger partial charge in [-0.1, -0.05) is 17.7 Å². The lowest BCUT2D eigenvalue weighted by Crippen LogP contribution is -2.37. The summed E-state index contributed by atoms with van der Waals surface area (Å²) in [6.07, 6.45) is 6.17. The van der Waals surface area contributed by atoms with E-state index in [1.807, 2.05) is 28.8 Å². The number of ether oxygens (including phenoxy) is 1. The molecule has 3 heterocycles. The van der Waals surface area contributed by atoms with Gasteiger partial charge in [-0.3, -0.25) is 9.39 Å². The quantitative estimate of drug-likeness (QED) is 0.491. The van der Waals surface area contributed by atoms with Gasteiger partial charge >= 0.3 is 0 Å². The van der Waals surface area contributed by atoms with Crippen molar-refractivity contribution in [1.29, 1.82) is 0 Å². The van der Waals surface area contributed by atoms with Gasteiger partial charge in [0, 0.05) is 19.8 Å². The number of nitrogens with zero attached hydrogens (tertiary/aromatic N) is 4. The molecule has 0 saturated heterocycles. The summed E-state index contributed by atoms with van der Waals surface area (Å²) >= 11 is 0. The predicted molar refractivity (Wildman–Crippen MR) is 89.3 cm³/mol. The van der Waals surface area contributed by atoms with Gasteiger partial charge in [0.1, 0.15) is 0 Å². The molecule has 0 spiro atoms. The predicted octanol–water partition coefficient (Wildman–Crippen LogP) is 1.13. The second-order valence-corrected chi connectivity index (χ2v) is 5.33. The number of hydrogen-bond acceptors (Lipinski definition) is 4. The van der Waals surface area contributed by atoms with Gasteiger partial charge in [-0.25, -0.2) is 0 Å². The van der Waals surface area contributed by atoms with Crippen molar-refractivity contribution in [1.82, 2.24) is 25.2 Å². The maximum Gasteiger partial charge on any atom is 0.191 e. The molecule has 0 bridgehead atoms. The molecule has 0 atom stereocenters. The van der Waals surface area contributed by atoms with Crippen LogP contribution in [-0.2, 0) is 11.3 Å². The molecule has 3 rings (SSSR count). The Hall–Kier alpha value is -2.41. The average molecular weight is 314 g/mol. The van der Waals surface area contributed by atoms with Crippen LogP contribution in [-0.4, -0.2) is 47.4 Å². The van der Waals surface area contributed by atoms with Gasteiger partial charge in [0.15, 0.2) is 17.4 Å². The second kappa shape index (κ2) is 7.73. The van der Waals surface area contributed by atoms with Crippen LogP contribution in [0.25, 0.3) is 5.65 Å².